The molecule has 0 N–H and O–H groups in total. The second-order valence-electron chi connectivity index (χ2n) is 8.16. The fraction of sp³-hybridized carbons (Fsp3) is 0.364. The Kier molecular flexibility index (Phi) is 4.38. The number of fused-ring (bicyclic) bond motifs is 5. The summed E-state index contributed by atoms with van der Waals surface area (Å²) in [4.78, 5) is 20.2. The molecule has 4 heterocycles. The van der Waals surface area contributed by atoms with Gasteiger partial charge in [-0.25, -0.2) is 4.98 Å². The lowest BCUT2D eigenvalue weighted by molar-refractivity contribution is -0.881. The monoisotopic (exact) mass is 410 g/mol. The molecule has 0 amide bonds. The van der Waals surface area contributed by atoms with Gasteiger partial charge in [0.15, 0.2) is 0 Å². The van der Waals surface area contributed by atoms with Crippen molar-refractivity contribution in [3.8, 4) is 11.4 Å². The highest BCUT2D eigenvalue weighted by Crippen LogP contribution is 2.31. The molecule has 3 aliphatic heterocycles. The van der Waals surface area contributed by atoms with Crippen molar-refractivity contribution in [2.75, 3.05) is 31.1 Å². The van der Waals surface area contributed by atoms with Crippen LogP contribution in [0.25, 0.3) is 22.3 Å². The first kappa shape index (κ1) is 18.6. The molecule has 3 fully saturated rings. The van der Waals surface area contributed by atoms with Crippen LogP contribution in [0.3, 0.4) is 0 Å². The Labute approximate surface area is 174 Å². The molecule has 3 saturated heterocycles. The van der Waals surface area contributed by atoms with Crippen LogP contribution >= 0.6 is 11.6 Å². The summed E-state index contributed by atoms with van der Waals surface area (Å²) in [6.45, 7) is 2.73. The fourth-order valence-electron chi connectivity index (χ4n) is 4.70. The van der Waals surface area contributed by atoms with Gasteiger partial charge in [0, 0.05) is 42.2 Å². The van der Waals surface area contributed by atoms with E-state index in [0.29, 0.717) is 47.4 Å². The van der Waals surface area contributed by atoms with E-state index in [1.807, 2.05) is 36.4 Å². The minimum Gasteiger partial charge on any atom is -0.633 e. The summed E-state index contributed by atoms with van der Waals surface area (Å²) < 4.78 is 1.50. The zero-order valence-electron chi connectivity index (χ0n) is 16.3. The van der Waals surface area contributed by atoms with Gasteiger partial charge in [0.2, 0.25) is 0 Å². The van der Waals surface area contributed by atoms with Gasteiger partial charge in [-0.2, -0.15) is 0 Å². The molecule has 29 heavy (non-hydrogen) atoms. The van der Waals surface area contributed by atoms with E-state index in [2.05, 4.69) is 4.90 Å². The number of aromatic nitrogens is 2. The van der Waals surface area contributed by atoms with Crippen molar-refractivity contribution < 1.29 is 4.65 Å². The number of anilines is 1. The average molecular weight is 411 g/mol. The molecular weight excluding hydrogens is 388 g/mol. The minimum absolute atomic E-state index is 0.0765. The maximum absolute atomic E-state index is 13.1. The van der Waals surface area contributed by atoms with Gasteiger partial charge in [0.25, 0.3) is 5.56 Å². The summed E-state index contributed by atoms with van der Waals surface area (Å²) in [5.41, 5.74) is 2.41. The maximum atomic E-state index is 13.1. The van der Waals surface area contributed by atoms with Gasteiger partial charge in [-0.15, -0.1) is 0 Å². The smallest absolute Gasteiger partial charge is 0.261 e. The number of piperidine rings is 1. The van der Waals surface area contributed by atoms with Gasteiger partial charge in [-0.3, -0.25) is 9.36 Å². The quantitative estimate of drug-likeness (QED) is 0.479. The number of nitrogens with zero attached hydrogens (tertiary/aromatic N) is 4. The number of hydrogen-bond acceptors (Lipinski definition) is 4. The van der Waals surface area contributed by atoms with Crippen LogP contribution < -0.4 is 10.5 Å². The lowest BCUT2D eigenvalue weighted by Gasteiger charge is -2.44. The molecule has 0 radical (unpaired) electrons. The molecule has 0 saturated carbocycles. The van der Waals surface area contributed by atoms with Gasteiger partial charge in [-0.1, -0.05) is 23.7 Å². The van der Waals surface area contributed by atoms with E-state index >= 15 is 0 Å². The van der Waals surface area contributed by atoms with E-state index in [4.69, 9.17) is 16.6 Å². The van der Waals surface area contributed by atoms with Gasteiger partial charge < -0.3 is 14.8 Å². The molecular formula is C22H23ClN4O2. The maximum Gasteiger partial charge on any atom is 0.261 e. The fourth-order valence-corrected chi connectivity index (χ4v) is 4.89. The zero-order chi connectivity index (χ0) is 20.2. The molecule has 7 heteroatoms. The minimum atomic E-state index is -0.0815. The average Bonchev–Trinajstić information content (AvgIpc) is 2.99. The van der Waals surface area contributed by atoms with Crippen LogP contribution in [0.15, 0.2) is 47.3 Å². The standard InChI is InChI=1S/C22H23ClN4O2/c1-25-21(15-3-2-4-16(23)13-15)24-20-6-5-18(14-19(20)22(25)28)26-9-12-27(29)10-7-17(26)8-11-27/h2-6,13-14,17H,7-12H2,1H3. The van der Waals surface area contributed by atoms with Crippen molar-refractivity contribution in [2.45, 2.75) is 18.9 Å². The Hall–Kier alpha value is -2.41. The number of hydroxylamine groups is 3. The van der Waals surface area contributed by atoms with Crippen LogP contribution in [0.4, 0.5) is 5.69 Å². The predicted octanol–water partition coefficient (Wildman–Crippen LogP) is 3.55. The molecule has 6 rings (SSSR count). The SMILES string of the molecule is Cn1c(-c2cccc(Cl)c2)nc2ccc(N3CC[N+]4([O-])CCC3CC4)cc2c1=O. The first-order valence-electron chi connectivity index (χ1n) is 10.0. The number of hydrogen-bond donors (Lipinski definition) is 0. The van der Waals surface area contributed by atoms with Crippen molar-refractivity contribution in [2.24, 2.45) is 7.05 Å². The van der Waals surface area contributed by atoms with Crippen LogP contribution in [-0.2, 0) is 7.05 Å². The van der Waals surface area contributed by atoms with Crippen molar-refractivity contribution in [3.05, 3.63) is 63.0 Å². The lowest BCUT2D eigenvalue weighted by atomic mass is 10.0. The Morgan fingerprint density at radius 3 is 2.69 bits per heavy atom. The summed E-state index contributed by atoms with van der Waals surface area (Å²) in [7, 11) is 1.74. The van der Waals surface area contributed by atoms with Crippen LogP contribution in [0, 0.1) is 5.21 Å². The first-order chi connectivity index (χ1) is 13.9. The highest BCUT2D eigenvalue weighted by Gasteiger charge is 2.35. The molecule has 0 aliphatic carbocycles. The summed E-state index contributed by atoms with van der Waals surface area (Å²) in [5.74, 6) is 0.594. The second-order valence-corrected chi connectivity index (χ2v) is 8.60. The third-order valence-corrected chi connectivity index (χ3v) is 6.64. The number of rotatable bonds is 2. The first-order valence-corrected chi connectivity index (χ1v) is 10.4. The van der Waals surface area contributed by atoms with Crippen LogP contribution in [0.2, 0.25) is 5.02 Å². The molecule has 3 aliphatic rings. The normalized spacial score (nSPS) is 24.1. The largest absolute Gasteiger partial charge is 0.633 e. The van der Waals surface area contributed by atoms with E-state index in [9.17, 15) is 10.0 Å². The van der Waals surface area contributed by atoms with Crippen LogP contribution in [0.5, 0.6) is 0 Å². The lowest BCUT2D eigenvalue weighted by Crippen LogP contribution is -2.47. The van der Waals surface area contributed by atoms with Crippen LogP contribution in [-0.4, -0.2) is 46.4 Å². The number of benzene rings is 2. The summed E-state index contributed by atoms with van der Waals surface area (Å²) in [5, 5.41) is 13.9. The van der Waals surface area contributed by atoms with Gasteiger partial charge >= 0.3 is 0 Å². The summed E-state index contributed by atoms with van der Waals surface area (Å²) in [6, 6.07) is 13.6. The Morgan fingerprint density at radius 1 is 1.14 bits per heavy atom. The molecule has 1 aromatic heterocycles. The molecule has 3 aromatic rings. The Balaban J connectivity index is 1.59. The zero-order valence-corrected chi connectivity index (χ0v) is 17.1. The molecule has 0 spiro atoms. The third kappa shape index (κ3) is 3.21. The second kappa shape index (κ2) is 6.83. The summed E-state index contributed by atoms with van der Waals surface area (Å²) in [6.07, 6.45) is 1.82. The molecule has 150 valence electrons. The van der Waals surface area contributed by atoms with Gasteiger partial charge in [0.1, 0.15) is 5.82 Å². The number of quaternary nitrogens is 1. The van der Waals surface area contributed by atoms with Crippen molar-refractivity contribution >= 4 is 28.2 Å². The Morgan fingerprint density at radius 2 is 1.93 bits per heavy atom. The molecule has 2 bridgehead atoms. The third-order valence-electron chi connectivity index (χ3n) is 6.40. The Bertz CT molecular complexity index is 1150. The molecule has 2 aromatic carbocycles. The van der Waals surface area contributed by atoms with E-state index in [1.165, 1.54) is 0 Å². The highest BCUT2D eigenvalue weighted by molar-refractivity contribution is 6.30. The van der Waals surface area contributed by atoms with Crippen molar-refractivity contribution in [1.29, 1.82) is 0 Å². The molecule has 0 unspecified atom stereocenters. The molecule has 0 atom stereocenters. The van der Waals surface area contributed by atoms with E-state index in [1.54, 1.807) is 17.7 Å². The van der Waals surface area contributed by atoms with Crippen LogP contribution in [0.1, 0.15) is 12.8 Å². The van der Waals surface area contributed by atoms with E-state index in [0.717, 1.165) is 30.6 Å². The summed E-state index contributed by atoms with van der Waals surface area (Å²) >= 11 is 6.12. The van der Waals surface area contributed by atoms with E-state index in [-0.39, 0.29) is 10.2 Å². The van der Waals surface area contributed by atoms with Crippen molar-refractivity contribution in [1.82, 2.24) is 9.55 Å². The van der Waals surface area contributed by atoms with E-state index < -0.39 is 0 Å². The number of halogens is 1. The van der Waals surface area contributed by atoms with Crippen molar-refractivity contribution in [3.63, 3.8) is 0 Å². The highest BCUT2D eigenvalue weighted by atomic mass is 35.5. The predicted molar refractivity (Wildman–Crippen MR) is 116 cm³/mol. The van der Waals surface area contributed by atoms with Gasteiger partial charge in [-0.05, 0) is 30.3 Å². The topological polar surface area (TPSA) is 61.2 Å². The van der Waals surface area contributed by atoms with Gasteiger partial charge in [0.05, 0.1) is 37.1 Å². The molecule has 6 nitrogen and oxygen atoms in total.